The van der Waals surface area contributed by atoms with E-state index in [9.17, 15) is 16.8 Å². The summed E-state index contributed by atoms with van der Waals surface area (Å²) < 4.78 is 48.8. The summed E-state index contributed by atoms with van der Waals surface area (Å²) in [6, 6.07) is 21.1. The van der Waals surface area contributed by atoms with Crippen LogP contribution in [0, 0.1) is 0 Å². The minimum atomic E-state index is -3.26. The Hall–Kier alpha value is -3.16. The molecular weight excluding hydrogens is 430 g/mol. The summed E-state index contributed by atoms with van der Waals surface area (Å²) in [5.41, 5.74) is 2.32. The average Bonchev–Trinajstić information content (AvgIpc) is 3.02. The summed E-state index contributed by atoms with van der Waals surface area (Å²) in [6.45, 7) is 0. The van der Waals surface area contributed by atoms with Crippen LogP contribution < -0.4 is 5.32 Å². The van der Waals surface area contributed by atoms with E-state index in [1.165, 1.54) is 0 Å². The standard InChI is InChI=1S/C12H11NO2S.C12H8O2S/c14-16(15)11-7-3-1-5-9(11)13-10-6-2-4-8-12(10)16;13-15(14)11-7-3-1-5-9(11)10-6-2-4-8-12(10)15/h1-9,11,13H;1-8H. The van der Waals surface area contributed by atoms with Crippen LogP contribution in [-0.2, 0) is 19.7 Å². The Bertz CT molecular complexity index is 1400. The van der Waals surface area contributed by atoms with E-state index in [4.69, 9.17) is 0 Å². The van der Waals surface area contributed by atoms with E-state index in [1.807, 2.05) is 42.5 Å². The van der Waals surface area contributed by atoms with Gasteiger partial charge in [0.1, 0.15) is 5.25 Å². The Morgan fingerprint density at radius 2 is 1.13 bits per heavy atom. The highest BCUT2D eigenvalue weighted by molar-refractivity contribution is 7.92. The van der Waals surface area contributed by atoms with Gasteiger partial charge < -0.3 is 5.32 Å². The van der Waals surface area contributed by atoms with Crippen molar-refractivity contribution in [1.82, 2.24) is 0 Å². The first-order valence-corrected chi connectivity index (χ1v) is 12.8. The number of anilines is 1. The Morgan fingerprint density at radius 1 is 0.613 bits per heavy atom. The van der Waals surface area contributed by atoms with Gasteiger partial charge in [-0.2, -0.15) is 0 Å². The zero-order valence-corrected chi connectivity index (χ0v) is 18.0. The lowest BCUT2D eigenvalue weighted by Gasteiger charge is -2.32. The van der Waals surface area contributed by atoms with Gasteiger partial charge in [-0.15, -0.1) is 0 Å². The lowest BCUT2D eigenvalue weighted by atomic mass is 10.1. The van der Waals surface area contributed by atoms with Crippen molar-refractivity contribution in [3.63, 3.8) is 0 Å². The number of sulfone groups is 2. The molecule has 7 heteroatoms. The van der Waals surface area contributed by atoms with E-state index in [0.29, 0.717) is 20.4 Å². The van der Waals surface area contributed by atoms with Crippen LogP contribution in [0.4, 0.5) is 5.69 Å². The molecule has 3 aromatic carbocycles. The van der Waals surface area contributed by atoms with Gasteiger partial charge in [-0.05, 0) is 24.3 Å². The van der Waals surface area contributed by atoms with Gasteiger partial charge >= 0.3 is 0 Å². The molecule has 1 aliphatic carbocycles. The maximum atomic E-state index is 12.3. The first-order chi connectivity index (χ1) is 14.9. The summed E-state index contributed by atoms with van der Waals surface area (Å²) in [5, 5.41) is 2.76. The molecule has 5 nitrogen and oxygen atoms in total. The van der Waals surface area contributed by atoms with E-state index >= 15 is 0 Å². The molecule has 0 bridgehead atoms. The first kappa shape index (κ1) is 19.8. The number of hydrogen-bond acceptors (Lipinski definition) is 5. The van der Waals surface area contributed by atoms with Gasteiger partial charge in [-0.3, -0.25) is 0 Å². The Balaban J connectivity index is 0.000000132. The molecule has 0 fully saturated rings. The molecule has 2 heterocycles. The predicted octanol–water partition coefficient (Wildman–Crippen LogP) is 4.25. The summed E-state index contributed by atoms with van der Waals surface area (Å²) in [6.07, 6.45) is 7.28. The molecule has 31 heavy (non-hydrogen) atoms. The number of benzene rings is 3. The van der Waals surface area contributed by atoms with Gasteiger partial charge in [-0.1, -0.05) is 72.8 Å². The normalized spacial score (nSPS) is 22.6. The first-order valence-electron chi connectivity index (χ1n) is 9.79. The second kappa shape index (κ2) is 7.21. The summed E-state index contributed by atoms with van der Waals surface area (Å²) >= 11 is 0. The number of rotatable bonds is 0. The number of allylic oxidation sites excluding steroid dienone is 2. The van der Waals surface area contributed by atoms with Crippen LogP contribution in [-0.4, -0.2) is 28.1 Å². The van der Waals surface area contributed by atoms with Crippen LogP contribution in [0.25, 0.3) is 11.1 Å². The van der Waals surface area contributed by atoms with Crippen LogP contribution >= 0.6 is 0 Å². The van der Waals surface area contributed by atoms with Crippen molar-refractivity contribution in [1.29, 1.82) is 0 Å². The highest BCUT2D eigenvalue weighted by Crippen LogP contribution is 2.42. The highest BCUT2D eigenvalue weighted by Gasteiger charge is 2.38. The Kier molecular flexibility index (Phi) is 4.60. The van der Waals surface area contributed by atoms with E-state index < -0.39 is 24.9 Å². The third kappa shape index (κ3) is 3.12. The minimum absolute atomic E-state index is 0.148. The Labute approximate surface area is 181 Å². The molecule has 2 aliphatic heterocycles. The quantitative estimate of drug-likeness (QED) is 0.434. The summed E-state index contributed by atoms with van der Waals surface area (Å²) in [4.78, 5) is 1.24. The Morgan fingerprint density at radius 3 is 1.77 bits per heavy atom. The van der Waals surface area contributed by atoms with Crippen LogP contribution in [0.5, 0.6) is 0 Å². The molecule has 0 aromatic heterocycles. The average molecular weight is 450 g/mol. The van der Waals surface area contributed by atoms with Crippen LogP contribution in [0.15, 0.2) is 112 Å². The van der Waals surface area contributed by atoms with Gasteiger partial charge in [0.15, 0.2) is 9.84 Å². The molecule has 3 aromatic rings. The fraction of sp³-hybridized carbons (Fsp3) is 0.0833. The van der Waals surface area contributed by atoms with Crippen molar-refractivity contribution in [3.05, 3.63) is 97.1 Å². The van der Waals surface area contributed by atoms with E-state index in [0.717, 1.165) is 11.1 Å². The van der Waals surface area contributed by atoms with Gasteiger partial charge in [0, 0.05) is 11.1 Å². The van der Waals surface area contributed by atoms with Crippen molar-refractivity contribution in [2.24, 2.45) is 0 Å². The SMILES string of the molecule is O=S1(=O)c2ccccc2-c2ccccc21.O=S1(=O)c2ccccc2NC2C=CC=CC21. The van der Waals surface area contributed by atoms with Gasteiger partial charge in [-0.25, -0.2) is 16.8 Å². The van der Waals surface area contributed by atoms with E-state index in [-0.39, 0.29) is 6.04 Å². The molecular formula is C24H19NO4S2. The van der Waals surface area contributed by atoms with Crippen molar-refractivity contribution in [3.8, 4) is 11.1 Å². The molecule has 0 saturated heterocycles. The maximum absolute atomic E-state index is 12.3. The smallest absolute Gasteiger partial charge is 0.207 e. The third-order valence-corrected chi connectivity index (χ3v) is 9.61. The highest BCUT2D eigenvalue weighted by atomic mass is 32.2. The van der Waals surface area contributed by atoms with Crippen LogP contribution in [0.2, 0.25) is 0 Å². The molecule has 0 saturated carbocycles. The lowest BCUT2D eigenvalue weighted by molar-refractivity contribution is 0.580. The van der Waals surface area contributed by atoms with Crippen molar-refractivity contribution in [2.75, 3.05) is 5.32 Å². The number of para-hydroxylation sites is 1. The third-order valence-electron chi connectivity index (χ3n) is 5.60. The molecule has 3 aliphatic rings. The fourth-order valence-corrected chi connectivity index (χ4v) is 7.66. The van der Waals surface area contributed by atoms with E-state index in [2.05, 4.69) is 5.32 Å². The fourth-order valence-electron chi connectivity index (χ4n) is 4.14. The molecule has 2 unspecified atom stereocenters. The molecule has 2 atom stereocenters. The van der Waals surface area contributed by atoms with Crippen molar-refractivity contribution < 1.29 is 16.8 Å². The van der Waals surface area contributed by atoms with E-state index in [1.54, 1.807) is 54.6 Å². The zero-order chi connectivity index (χ0) is 21.6. The molecule has 0 spiro atoms. The number of hydrogen-bond donors (Lipinski definition) is 1. The molecule has 0 amide bonds. The van der Waals surface area contributed by atoms with Gasteiger partial charge in [0.25, 0.3) is 0 Å². The maximum Gasteiger partial charge on any atom is 0.207 e. The predicted molar refractivity (Wildman–Crippen MR) is 120 cm³/mol. The van der Waals surface area contributed by atoms with Gasteiger partial charge in [0.2, 0.25) is 9.84 Å². The minimum Gasteiger partial charge on any atom is -0.376 e. The van der Waals surface area contributed by atoms with Crippen LogP contribution in [0.1, 0.15) is 0 Å². The number of nitrogens with one attached hydrogen (secondary N) is 1. The van der Waals surface area contributed by atoms with Crippen LogP contribution in [0.3, 0.4) is 0 Å². The molecule has 1 N–H and O–H groups in total. The van der Waals surface area contributed by atoms with Crippen molar-refractivity contribution in [2.45, 2.75) is 26.0 Å². The zero-order valence-electron chi connectivity index (χ0n) is 16.3. The second-order valence-corrected chi connectivity index (χ2v) is 11.4. The monoisotopic (exact) mass is 449 g/mol. The molecule has 0 radical (unpaired) electrons. The second-order valence-electron chi connectivity index (χ2n) is 7.44. The largest absolute Gasteiger partial charge is 0.376 e. The molecule has 6 rings (SSSR count). The number of fused-ring (bicyclic) bond motifs is 5. The topological polar surface area (TPSA) is 80.3 Å². The summed E-state index contributed by atoms with van der Waals surface area (Å²) in [5.74, 6) is 0. The lowest BCUT2D eigenvalue weighted by Crippen LogP contribution is -2.42. The summed E-state index contributed by atoms with van der Waals surface area (Å²) in [7, 11) is -6.51. The van der Waals surface area contributed by atoms with Crippen molar-refractivity contribution >= 4 is 25.4 Å². The molecule has 156 valence electrons. The van der Waals surface area contributed by atoms with Gasteiger partial charge in [0.05, 0.1) is 26.4 Å².